The van der Waals surface area contributed by atoms with Crippen LogP contribution in [0.15, 0.2) is 24.3 Å². The summed E-state index contributed by atoms with van der Waals surface area (Å²) in [6.45, 7) is 12.4. The van der Waals surface area contributed by atoms with Crippen LogP contribution in [0.1, 0.15) is 59.1 Å². The lowest BCUT2D eigenvalue weighted by molar-refractivity contribution is 0.134. The molecule has 21 heavy (non-hydrogen) atoms. The molecule has 1 aromatic carbocycles. The Morgan fingerprint density at radius 2 is 1.71 bits per heavy atom. The Balaban J connectivity index is 2.63. The van der Waals surface area contributed by atoms with Gasteiger partial charge in [0.2, 0.25) is 0 Å². The topological polar surface area (TPSA) is 32.7 Å². The highest BCUT2D eigenvalue weighted by atomic mass is 16.5. The molecule has 3 heteroatoms. The van der Waals surface area contributed by atoms with Crippen molar-refractivity contribution in [3.8, 4) is 5.75 Å². The van der Waals surface area contributed by atoms with Crippen LogP contribution in [-0.4, -0.2) is 35.2 Å². The number of benzene rings is 1. The van der Waals surface area contributed by atoms with Crippen LogP contribution in [0.3, 0.4) is 0 Å². The second kappa shape index (κ2) is 9.06. The van der Waals surface area contributed by atoms with Gasteiger partial charge < -0.3 is 9.84 Å². The number of para-hydroxylation sites is 1. The molecule has 0 spiro atoms. The maximum Gasteiger partial charge on any atom is 0.125 e. The monoisotopic (exact) mass is 293 g/mol. The van der Waals surface area contributed by atoms with Gasteiger partial charge >= 0.3 is 0 Å². The molecule has 0 aliphatic rings. The first-order valence-corrected chi connectivity index (χ1v) is 8.12. The lowest BCUT2D eigenvalue weighted by atomic mass is 10.0. The predicted molar refractivity (Wildman–Crippen MR) is 88.8 cm³/mol. The van der Waals surface area contributed by atoms with Gasteiger partial charge in [-0.3, -0.25) is 4.90 Å². The molecule has 0 saturated heterocycles. The quantitative estimate of drug-likeness (QED) is 0.746. The van der Waals surface area contributed by atoms with Gasteiger partial charge in [-0.25, -0.2) is 0 Å². The molecule has 1 aromatic rings. The summed E-state index contributed by atoms with van der Waals surface area (Å²) < 4.78 is 5.93. The number of hydrogen-bond donors (Lipinski definition) is 1. The van der Waals surface area contributed by atoms with Crippen LogP contribution in [0.4, 0.5) is 0 Å². The molecule has 0 aliphatic carbocycles. The van der Waals surface area contributed by atoms with Gasteiger partial charge in [-0.2, -0.15) is 0 Å². The Morgan fingerprint density at radius 3 is 2.29 bits per heavy atom. The summed E-state index contributed by atoms with van der Waals surface area (Å²) in [5, 5.41) is 10.2. The third-order valence-corrected chi connectivity index (χ3v) is 3.77. The largest absolute Gasteiger partial charge is 0.492 e. The highest BCUT2D eigenvalue weighted by Crippen LogP contribution is 2.27. The van der Waals surface area contributed by atoms with Gasteiger partial charge in [-0.05, 0) is 40.2 Å². The SMILES string of the molecule is CCC[C@@H](O)c1ccccc1OCCN(C(C)C)C(C)C. The zero-order valence-electron chi connectivity index (χ0n) is 14.2. The van der Waals surface area contributed by atoms with E-state index in [1.54, 1.807) is 0 Å². The minimum Gasteiger partial charge on any atom is -0.492 e. The zero-order chi connectivity index (χ0) is 15.8. The molecule has 3 nitrogen and oxygen atoms in total. The minimum absolute atomic E-state index is 0.433. The average Bonchev–Trinajstić information content (AvgIpc) is 2.43. The Hall–Kier alpha value is -1.06. The lowest BCUT2D eigenvalue weighted by Gasteiger charge is -2.30. The number of ether oxygens (including phenoxy) is 1. The molecule has 0 amide bonds. The van der Waals surface area contributed by atoms with Crippen molar-refractivity contribution in [2.45, 2.75) is 65.6 Å². The van der Waals surface area contributed by atoms with Crippen molar-refractivity contribution in [2.75, 3.05) is 13.2 Å². The van der Waals surface area contributed by atoms with Gasteiger partial charge in [-0.15, -0.1) is 0 Å². The molecule has 0 aliphatic heterocycles. The molecule has 120 valence electrons. The van der Waals surface area contributed by atoms with Crippen molar-refractivity contribution in [1.29, 1.82) is 0 Å². The van der Waals surface area contributed by atoms with Crippen molar-refractivity contribution in [1.82, 2.24) is 4.90 Å². The predicted octanol–water partition coefficient (Wildman–Crippen LogP) is 4.02. The Labute approximate surface area is 129 Å². The summed E-state index contributed by atoms with van der Waals surface area (Å²) in [6.07, 6.45) is 1.30. The van der Waals surface area contributed by atoms with Crippen LogP contribution in [0.25, 0.3) is 0 Å². The molecule has 0 bridgehead atoms. The number of nitrogens with zero attached hydrogens (tertiary/aromatic N) is 1. The summed E-state index contributed by atoms with van der Waals surface area (Å²) in [5.41, 5.74) is 0.903. The molecule has 0 aromatic heterocycles. The van der Waals surface area contributed by atoms with Crippen LogP contribution < -0.4 is 4.74 Å². The minimum atomic E-state index is -0.433. The summed E-state index contributed by atoms with van der Waals surface area (Å²) in [4.78, 5) is 2.41. The number of aliphatic hydroxyl groups excluding tert-OH is 1. The summed E-state index contributed by atoms with van der Waals surface area (Å²) >= 11 is 0. The van der Waals surface area contributed by atoms with Crippen LogP contribution in [-0.2, 0) is 0 Å². The van der Waals surface area contributed by atoms with E-state index in [2.05, 4.69) is 39.5 Å². The zero-order valence-corrected chi connectivity index (χ0v) is 14.2. The Bertz CT molecular complexity index is 396. The fourth-order valence-corrected chi connectivity index (χ4v) is 2.69. The smallest absolute Gasteiger partial charge is 0.125 e. The van der Waals surface area contributed by atoms with E-state index in [0.29, 0.717) is 18.7 Å². The second-order valence-corrected chi connectivity index (χ2v) is 6.12. The Kier molecular flexibility index (Phi) is 7.76. The van der Waals surface area contributed by atoms with E-state index in [-0.39, 0.29) is 0 Å². The molecule has 1 N–H and O–H groups in total. The van der Waals surface area contributed by atoms with Crippen molar-refractivity contribution in [3.05, 3.63) is 29.8 Å². The number of hydrogen-bond acceptors (Lipinski definition) is 3. The number of aliphatic hydroxyl groups is 1. The Morgan fingerprint density at radius 1 is 1.10 bits per heavy atom. The van der Waals surface area contributed by atoms with Crippen LogP contribution in [0.2, 0.25) is 0 Å². The first kappa shape index (κ1) is 18.0. The standard InChI is InChI=1S/C18H31NO2/c1-6-9-17(20)16-10-7-8-11-18(16)21-13-12-19(14(2)3)15(4)5/h7-8,10-11,14-15,17,20H,6,9,12-13H2,1-5H3/t17-/m1/s1. The molecule has 0 unspecified atom stereocenters. The summed E-state index contributed by atoms with van der Waals surface area (Å²) in [6, 6.07) is 8.83. The first-order chi connectivity index (χ1) is 9.97. The maximum absolute atomic E-state index is 10.2. The van der Waals surface area contributed by atoms with Crippen LogP contribution in [0.5, 0.6) is 5.75 Å². The molecule has 0 saturated carbocycles. The van der Waals surface area contributed by atoms with Gasteiger partial charge in [0, 0.05) is 24.2 Å². The van der Waals surface area contributed by atoms with E-state index in [1.807, 2.05) is 24.3 Å². The van der Waals surface area contributed by atoms with Crippen molar-refractivity contribution in [2.24, 2.45) is 0 Å². The van der Waals surface area contributed by atoms with Gasteiger partial charge in [-0.1, -0.05) is 31.5 Å². The van der Waals surface area contributed by atoms with E-state index in [1.165, 1.54) is 0 Å². The molecule has 0 heterocycles. The second-order valence-electron chi connectivity index (χ2n) is 6.12. The van der Waals surface area contributed by atoms with Crippen molar-refractivity contribution >= 4 is 0 Å². The van der Waals surface area contributed by atoms with Gasteiger partial charge in [0.05, 0.1) is 6.10 Å². The highest BCUT2D eigenvalue weighted by molar-refractivity contribution is 5.35. The number of rotatable bonds is 9. The van der Waals surface area contributed by atoms with E-state index >= 15 is 0 Å². The highest BCUT2D eigenvalue weighted by Gasteiger charge is 2.15. The molecular formula is C18H31NO2. The molecule has 1 atom stereocenters. The fourth-order valence-electron chi connectivity index (χ4n) is 2.69. The summed E-state index contributed by atoms with van der Waals surface area (Å²) in [7, 11) is 0. The summed E-state index contributed by atoms with van der Waals surface area (Å²) in [5.74, 6) is 0.811. The average molecular weight is 293 g/mol. The van der Waals surface area contributed by atoms with Crippen LogP contribution in [0, 0.1) is 0 Å². The van der Waals surface area contributed by atoms with Gasteiger partial charge in [0.15, 0.2) is 0 Å². The lowest BCUT2D eigenvalue weighted by Crippen LogP contribution is -2.39. The molecule has 0 radical (unpaired) electrons. The maximum atomic E-state index is 10.2. The van der Waals surface area contributed by atoms with Crippen molar-refractivity contribution < 1.29 is 9.84 Å². The molecule has 1 rings (SSSR count). The first-order valence-electron chi connectivity index (χ1n) is 8.12. The van der Waals surface area contributed by atoms with E-state index in [4.69, 9.17) is 4.74 Å². The van der Waals surface area contributed by atoms with Crippen LogP contribution >= 0.6 is 0 Å². The third-order valence-electron chi connectivity index (χ3n) is 3.77. The van der Waals surface area contributed by atoms with Gasteiger partial charge in [0.1, 0.15) is 12.4 Å². The fraction of sp³-hybridized carbons (Fsp3) is 0.667. The van der Waals surface area contributed by atoms with E-state index in [0.717, 1.165) is 30.7 Å². The third kappa shape index (κ3) is 5.68. The van der Waals surface area contributed by atoms with Gasteiger partial charge in [0.25, 0.3) is 0 Å². The normalized spacial score (nSPS) is 13.2. The van der Waals surface area contributed by atoms with E-state index < -0.39 is 6.10 Å². The molecular weight excluding hydrogens is 262 g/mol. The van der Waals surface area contributed by atoms with Crippen molar-refractivity contribution in [3.63, 3.8) is 0 Å². The van der Waals surface area contributed by atoms with E-state index in [9.17, 15) is 5.11 Å². The molecule has 0 fully saturated rings.